The minimum atomic E-state index is -0.655. The largest absolute Gasteiger partial charge is 0.329 e. The standard InChI is InChI=1S/C16H12FN3O3S/c17-10-3-5-11(6-4-10)18-14(21)9-20-15(22)13(19-16(20)23)8-12-2-1-7-24-12/h1-8H,9H2,(H,18,21)(H,19,23). The van der Waals surface area contributed by atoms with E-state index in [1.54, 1.807) is 12.1 Å². The first-order valence-corrected chi connectivity index (χ1v) is 7.84. The van der Waals surface area contributed by atoms with Gasteiger partial charge in [0.15, 0.2) is 0 Å². The van der Waals surface area contributed by atoms with Crippen molar-refractivity contribution in [2.24, 2.45) is 0 Å². The van der Waals surface area contributed by atoms with Crippen molar-refractivity contribution in [3.05, 3.63) is 58.2 Å². The Bertz CT molecular complexity index is 816. The van der Waals surface area contributed by atoms with Crippen LogP contribution in [0.15, 0.2) is 47.5 Å². The summed E-state index contributed by atoms with van der Waals surface area (Å²) in [4.78, 5) is 37.7. The molecule has 0 saturated carbocycles. The third kappa shape index (κ3) is 3.49. The topological polar surface area (TPSA) is 78.5 Å². The Kier molecular flexibility index (Phi) is 4.39. The number of nitrogens with one attached hydrogen (secondary N) is 2. The predicted molar refractivity (Wildman–Crippen MR) is 87.6 cm³/mol. The molecule has 8 heteroatoms. The number of rotatable bonds is 4. The molecular weight excluding hydrogens is 333 g/mol. The zero-order valence-corrected chi connectivity index (χ0v) is 13.1. The fourth-order valence-corrected chi connectivity index (χ4v) is 2.77. The van der Waals surface area contributed by atoms with Gasteiger partial charge < -0.3 is 10.6 Å². The van der Waals surface area contributed by atoms with Gasteiger partial charge in [-0.15, -0.1) is 11.3 Å². The van der Waals surface area contributed by atoms with Crippen molar-refractivity contribution in [1.29, 1.82) is 0 Å². The van der Waals surface area contributed by atoms with Gasteiger partial charge in [0.2, 0.25) is 5.91 Å². The maximum absolute atomic E-state index is 12.8. The normalized spacial score (nSPS) is 15.7. The average Bonchev–Trinajstić information content (AvgIpc) is 3.14. The molecule has 2 heterocycles. The van der Waals surface area contributed by atoms with Crippen LogP contribution in [0, 0.1) is 5.82 Å². The molecule has 1 aliphatic heterocycles. The van der Waals surface area contributed by atoms with Gasteiger partial charge in [-0.05, 0) is 41.8 Å². The number of imide groups is 1. The quantitative estimate of drug-likeness (QED) is 0.660. The second-order valence-corrected chi connectivity index (χ2v) is 5.93. The number of hydrogen-bond acceptors (Lipinski definition) is 4. The summed E-state index contributed by atoms with van der Waals surface area (Å²) in [5.41, 5.74) is 0.500. The summed E-state index contributed by atoms with van der Waals surface area (Å²) < 4.78 is 12.8. The van der Waals surface area contributed by atoms with Gasteiger partial charge in [-0.1, -0.05) is 6.07 Å². The number of anilines is 1. The van der Waals surface area contributed by atoms with Gasteiger partial charge in [-0.2, -0.15) is 0 Å². The summed E-state index contributed by atoms with van der Waals surface area (Å²) in [5, 5.41) is 6.79. The molecule has 2 aromatic rings. The molecule has 4 amide bonds. The molecule has 1 fully saturated rings. The van der Waals surface area contributed by atoms with E-state index < -0.39 is 30.2 Å². The Morgan fingerprint density at radius 3 is 2.67 bits per heavy atom. The van der Waals surface area contributed by atoms with Crippen LogP contribution in [0.3, 0.4) is 0 Å². The SMILES string of the molecule is O=C(CN1C(=O)NC(=Cc2cccs2)C1=O)Nc1ccc(F)cc1. The van der Waals surface area contributed by atoms with Gasteiger partial charge in [-0.3, -0.25) is 9.59 Å². The van der Waals surface area contributed by atoms with Crippen LogP contribution in [0.5, 0.6) is 0 Å². The third-order valence-electron chi connectivity index (χ3n) is 3.22. The van der Waals surface area contributed by atoms with Crippen molar-refractivity contribution in [2.75, 3.05) is 11.9 Å². The highest BCUT2D eigenvalue weighted by Crippen LogP contribution is 2.17. The van der Waals surface area contributed by atoms with Gasteiger partial charge in [0.1, 0.15) is 18.1 Å². The van der Waals surface area contributed by atoms with E-state index in [1.165, 1.54) is 35.6 Å². The number of benzene rings is 1. The van der Waals surface area contributed by atoms with Crippen LogP contribution < -0.4 is 10.6 Å². The summed E-state index contributed by atoms with van der Waals surface area (Å²) in [6, 6.07) is 8.16. The Hall–Kier alpha value is -3.00. The smallest absolute Gasteiger partial charge is 0.325 e. The van der Waals surface area contributed by atoms with Crippen LogP contribution in [0.2, 0.25) is 0 Å². The summed E-state index contributed by atoms with van der Waals surface area (Å²) in [6.45, 7) is -0.427. The molecule has 2 N–H and O–H groups in total. The highest BCUT2D eigenvalue weighted by atomic mass is 32.1. The summed E-state index contributed by atoms with van der Waals surface area (Å²) in [7, 11) is 0. The lowest BCUT2D eigenvalue weighted by atomic mass is 10.3. The highest BCUT2D eigenvalue weighted by Gasteiger charge is 2.34. The molecule has 24 heavy (non-hydrogen) atoms. The second-order valence-electron chi connectivity index (χ2n) is 4.95. The van der Waals surface area contributed by atoms with Crippen LogP contribution in [-0.4, -0.2) is 29.3 Å². The van der Waals surface area contributed by atoms with Gasteiger partial charge in [0, 0.05) is 10.6 Å². The van der Waals surface area contributed by atoms with Crippen molar-refractivity contribution in [3.8, 4) is 0 Å². The molecule has 1 saturated heterocycles. The zero-order valence-electron chi connectivity index (χ0n) is 12.3. The summed E-state index contributed by atoms with van der Waals surface area (Å²) >= 11 is 1.42. The monoisotopic (exact) mass is 345 g/mol. The minimum absolute atomic E-state index is 0.122. The van der Waals surface area contributed by atoms with E-state index in [4.69, 9.17) is 0 Å². The molecule has 3 rings (SSSR count). The van der Waals surface area contributed by atoms with E-state index >= 15 is 0 Å². The molecule has 0 radical (unpaired) electrons. The molecule has 1 aromatic carbocycles. The van der Waals surface area contributed by atoms with E-state index in [2.05, 4.69) is 10.6 Å². The van der Waals surface area contributed by atoms with E-state index in [-0.39, 0.29) is 5.70 Å². The van der Waals surface area contributed by atoms with E-state index in [0.29, 0.717) is 5.69 Å². The number of halogens is 1. The number of thiophene rings is 1. The van der Waals surface area contributed by atoms with E-state index in [9.17, 15) is 18.8 Å². The molecule has 0 atom stereocenters. The molecule has 122 valence electrons. The first-order valence-electron chi connectivity index (χ1n) is 6.96. The third-order valence-corrected chi connectivity index (χ3v) is 4.04. The zero-order chi connectivity index (χ0) is 17.1. The Morgan fingerprint density at radius 2 is 2.00 bits per heavy atom. The number of carbonyl (C=O) groups excluding carboxylic acids is 3. The summed E-state index contributed by atoms with van der Waals surface area (Å²) in [5.74, 6) is -1.55. The van der Waals surface area contributed by atoms with Crippen LogP contribution >= 0.6 is 11.3 Å². The Balaban J connectivity index is 1.66. The van der Waals surface area contributed by atoms with Crippen molar-refractivity contribution in [3.63, 3.8) is 0 Å². The van der Waals surface area contributed by atoms with E-state index in [0.717, 1.165) is 9.78 Å². The number of nitrogens with zero attached hydrogens (tertiary/aromatic N) is 1. The molecule has 0 aliphatic carbocycles. The molecule has 0 spiro atoms. The predicted octanol–water partition coefficient (Wildman–Crippen LogP) is 2.42. The average molecular weight is 345 g/mol. The Morgan fingerprint density at radius 1 is 1.25 bits per heavy atom. The van der Waals surface area contributed by atoms with E-state index in [1.807, 2.05) is 11.4 Å². The first-order chi connectivity index (χ1) is 11.5. The van der Waals surface area contributed by atoms with Gasteiger partial charge in [0.25, 0.3) is 5.91 Å². The second kappa shape index (κ2) is 6.63. The fraction of sp³-hybridized carbons (Fsp3) is 0.0625. The number of amides is 4. The maximum Gasteiger partial charge on any atom is 0.329 e. The lowest BCUT2D eigenvalue weighted by Gasteiger charge is -2.11. The van der Waals surface area contributed by atoms with Gasteiger partial charge in [-0.25, -0.2) is 14.1 Å². The van der Waals surface area contributed by atoms with Crippen molar-refractivity contribution in [2.45, 2.75) is 0 Å². The molecule has 0 bridgehead atoms. The number of hydrogen-bond donors (Lipinski definition) is 2. The van der Waals surface area contributed by atoms with Crippen LogP contribution in [-0.2, 0) is 9.59 Å². The van der Waals surface area contributed by atoms with Crippen molar-refractivity contribution < 1.29 is 18.8 Å². The van der Waals surface area contributed by atoms with Crippen LogP contribution in [0.25, 0.3) is 6.08 Å². The van der Waals surface area contributed by atoms with Crippen LogP contribution in [0.1, 0.15) is 4.88 Å². The molecule has 6 nitrogen and oxygen atoms in total. The molecular formula is C16H12FN3O3S. The fourth-order valence-electron chi connectivity index (χ4n) is 2.11. The lowest BCUT2D eigenvalue weighted by Crippen LogP contribution is -2.38. The van der Waals surface area contributed by atoms with Crippen molar-refractivity contribution in [1.82, 2.24) is 10.2 Å². The van der Waals surface area contributed by atoms with Crippen LogP contribution in [0.4, 0.5) is 14.9 Å². The first kappa shape index (κ1) is 15.9. The van der Waals surface area contributed by atoms with Crippen molar-refractivity contribution >= 4 is 40.9 Å². The van der Waals surface area contributed by atoms with Gasteiger partial charge >= 0.3 is 6.03 Å². The number of carbonyl (C=O) groups is 3. The highest BCUT2D eigenvalue weighted by molar-refractivity contribution is 7.10. The van der Waals surface area contributed by atoms with Gasteiger partial charge in [0.05, 0.1) is 0 Å². The maximum atomic E-state index is 12.8. The Labute approximate surface area is 140 Å². The molecule has 1 aliphatic rings. The minimum Gasteiger partial charge on any atom is -0.325 e. The number of urea groups is 1. The lowest BCUT2D eigenvalue weighted by molar-refractivity contribution is -0.127. The molecule has 1 aromatic heterocycles. The molecule has 0 unspecified atom stereocenters. The summed E-state index contributed by atoms with van der Waals surface area (Å²) in [6.07, 6.45) is 1.56.